The van der Waals surface area contributed by atoms with Gasteiger partial charge in [0.1, 0.15) is 5.52 Å². The molecule has 1 fully saturated rings. The summed E-state index contributed by atoms with van der Waals surface area (Å²) in [6.07, 6.45) is 7.08. The van der Waals surface area contributed by atoms with Crippen LogP contribution in [0.15, 0.2) is 36.8 Å². The number of H-pyrrole nitrogens is 1. The summed E-state index contributed by atoms with van der Waals surface area (Å²) in [4.78, 5) is 31.6. The number of carbonyl (C=O) groups excluding carboxylic acids is 1. The number of hydrogen-bond acceptors (Lipinski definition) is 7. The van der Waals surface area contributed by atoms with E-state index in [0.29, 0.717) is 13.2 Å². The van der Waals surface area contributed by atoms with Crippen molar-refractivity contribution in [1.82, 2.24) is 30.0 Å². The van der Waals surface area contributed by atoms with Gasteiger partial charge in [-0.1, -0.05) is 13.8 Å². The van der Waals surface area contributed by atoms with Crippen molar-refractivity contribution in [3.05, 3.63) is 42.4 Å². The van der Waals surface area contributed by atoms with Gasteiger partial charge in [-0.15, -0.1) is 0 Å². The first-order chi connectivity index (χ1) is 17.9. The zero-order valence-electron chi connectivity index (χ0n) is 21.3. The number of aromatic amines is 1. The Kier molecular flexibility index (Phi) is 6.00. The lowest BCUT2D eigenvalue weighted by Crippen LogP contribution is -2.54. The van der Waals surface area contributed by atoms with E-state index in [2.05, 4.69) is 34.0 Å². The molecule has 2 unspecified atom stereocenters. The maximum atomic E-state index is 13.7. The van der Waals surface area contributed by atoms with Crippen LogP contribution in [0.25, 0.3) is 33.3 Å². The standard InChI is InChI=1S/C27H31N7O3/c1-15-8-20(9-16(2)25(15)37-7-6-35)34-24-19(14-33(3)27(34)36)12-28-22-5-4-21(31-23(22)24)17-10-18-13-30-32-26(18)29-11-17/h4-5,10-13,15-16,20,25,35H,6-9,14H2,1-3H3,(H,29,30,32). The second kappa shape index (κ2) is 9.35. The summed E-state index contributed by atoms with van der Waals surface area (Å²) in [6.45, 7) is 5.18. The Morgan fingerprint density at radius 1 is 1.14 bits per heavy atom. The molecule has 2 aliphatic rings. The minimum atomic E-state index is -0.0205. The van der Waals surface area contributed by atoms with Crippen molar-refractivity contribution in [1.29, 1.82) is 0 Å². The average Bonchev–Trinajstić information content (AvgIpc) is 3.36. The number of fused-ring (bicyclic) bond motifs is 4. The van der Waals surface area contributed by atoms with Crippen LogP contribution >= 0.6 is 0 Å². The van der Waals surface area contributed by atoms with Gasteiger partial charge in [0.15, 0.2) is 5.65 Å². The number of nitrogens with one attached hydrogen (secondary N) is 1. The van der Waals surface area contributed by atoms with Crippen LogP contribution in [-0.4, -0.2) is 73.6 Å². The number of aliphatic hydroxyl groups excluding tert-OH is 1. The molecule has 2 atom stereocenters. The summed E-state index contributed by atoms with van der Waals surface area (Å²) in [7, 11) is 1.83. The Morgan fingerprint density at radius 2 is 1.95 bits per heavy atom. The highest BCUT2D eigenvalue weighted by Crippen LogP contribution is 2.41. The van der Waals surface area contributed by atoms with Crippen LogP contribution in [0, 0.1) is 11.8 Å². The number of urea groups is 1. The van der Waals surface area contributed by atoms with Crippen LogP contribution in [0.4, 0.5) is 10.5 Å². The SMILES string of the molecule is CC1CC(N2C(=O)N(C)Cc3cnc4ccc(-c5cnc6[nH]ncc6c5)nc4c32)CC(C)C1OCCO. The topological polar surface area (TPSA) is 120 Å². The van der Waals surface area contributed by atoms with Gasteiger partial charge in [-0.05, 0) is 42.9 Å². The van der Waals surface area contributed by atoms with E-state index in [1.54, 1.807) is 17.3 Å². The number of aromatic nitrogens is 5. The van der Waals surface area contributed by atoms with E-state index >= 15 is 0 Å². The lowest BCUT2D eigenvalue weighted by molar-refractivity contribution is -0.0527. The molecule has 192 valence electrons. The van der Waals surface area contributed by atoms with Crippen molar-refractivity contribution in [2.24, 2.45) is 11.8 Å². The summed E-state index contributed by atoms with van der Waals surface area (Å²) in [5.41, 5.74) is 5.69. The van der Waals surface area contributed by atoms with E-state index in [4.69, 9.17) is 9.72 Å². The van der Waals surface area contributed by atoms with E-state index in [1.165, 1.54) is 0 Å². The molecule has 2 N–H and O–H groups in total. The second-order valence-corrected chi connectivity index (χ2v) is 10.4. The molecule has 37 heavy (non-hydrogen) atoms. The van der Waals surface area contributed by atoms with Gasteiger partial charge in [-0.3, -0.25) is 15.0 Å². The zero-order valence-corrected chi connectivity index (χ0v) is 21.3. The smallest absolute Gasteiger partial charge is 0.324 e. The zero-order chi connectivity index (χ0) is 25.7. The van der Waals surface area contributed by atoms with Crippen molar-refractivity contribution in [2.75, 3.05) is 25.2 Å². The minimum Gasteiger partial charge on any atom is -0.394 e. The van der Waals surface area contributed by atoms with Gasteiger partial charge >= 0.3 is 6.03 Å². The summed E-state index contributed by atoms with van der Waals surface area (Å²) in [5.74, 6) is 0.487. The number of anilines is 1. The largest absolute Gasteiger partial charge is 0.394 e. The van der Waals surface area contributed by atoms with Gasteiger partial charge in [0.05, 0.1) is 49.0 Å². The van der Waals surface area contributed by atoms with E-state index < -0.39 is 0 Å². The maximum Gasteiger partial charge on any atom is 0.324 e. The monoisotopic (exact) mass is 501 g/mol. The number of rotatable bonds is 5. The summed E-state index contributed by atoms with van der Waals surface area (Å²) < 4.78 is 5.97. The molecule has 0 bridgehead atoms. The highest BCUT2D eigenvalue weighted by Gasteiger charge is 2.42. The molecule has 0 saturated heterocycles. The predicted molar refractivity (Wildman–Crippen MR) is 140 cm³/mol. The lowest BCUT2D eigenvalue weighted by atomic mass is 9.77. The van der Waals surface area contributed by atoms with Gasteiger partial charge in [-0.2, -0.15) is 5.10 Å². The van der Waals surface area contributed by atoms with Crippen molar-refractivity contribution in [3.63, 3.8) is 0 Å². The lowest BCUT2D eigenvalue weighted by Gasteiger charge is -2.46. The number of aliphatic hydroxyl groups is 1. The van der Waals surface area contributed by atoms with Gasteiger partial charge in [-0.25, -0.2) is 14.8 Å². The fourth-order valence-corrected chi connectivity index (χ4v) is 6.07. The number of amides is 2. The maximum absolute atomic E-state index is 13.7. The minimum absolute atomic E-state index is 0.00739. The molecule has 10 nitrogen and oxygen atoms in total. The summed E-state index contributed by atoms with van der Waals surface area (Å²) in [5, 5.41) is 17.1. The average molecular weight is 502 g/mol. The van der Waals surface area contributed by atoms with E-state index in [9.17, 15) is 9.90 Å². The third kappa shape index (κ3) is 4.10. The molecule has 1 aliphatic carbocycles. The summed E-state index contributed by atoms with van der Waals surface area (Å²) >= 11 is 0. The molecule has 10 heteroatoms. The Bertz CT molecular complexity index is 1460. The highest BCUT2D eigenvalue weighted by molar-refractivity contribution is 6.04. The molecular formula is C27H31N7O3. The number of ether oxygens (including phenoxy) is 1. The molecular weight excluding hydrogens is 470 g/mol. The second-order valence-electron chi connectivity index (χ2n) is 10.4. The fourth-order valence-electron chi connectivity index (χ4n) is 6.07. The first kappa shape index (κ1) is 23.7. The van der Waals surface area contributed by atoms with Gasteiger partial charge in [0.2, 0.25) is 0 Å². The normalized spacial score (nSPS) is 24.2. The predicted octanol–water partition coefficient (Wildman–Crippen LogP) is 3.75. The van der Waals surface area contributed by atoms with Crippen LogP contribution in [0.3, 0.4) is 0 Å². The van der Waals surface area contributed by atoms with E-state index in [0.717, 1.165) is 57.4 Å². The highest BCUT2D eigenvalue weighted by atomic mass is 16.5. The quantitative estimate of drug-likeness (QED) is 0.427. The van der Waals surface area contributed by atoms with Crippen LogP contribution in [-0.2, 0) is 11.3 Å². The van der Waals surface area contributed by atoms with Crippen LogP contribution in [0.2, 0.25) is 0 Å². The number of hydrogen-bond donors (Lipinski definition) is 2. The number of pyridine rings is 3. The van der Waals surface area contributed by atoms with Crippen molar-refractivity contribution < 1.29 is 14.6 Å². The first-order valence-corrected chi connectivity index (χ1v) is 12.8. The molecule has 0 aromatic carbocycles. The van der Waals surface area contributed by atoms with Crippen molar-refractivity contribution in [3.8, 4) is 11.3 Å². The molecule has 6 rings (SSSR count). The van der Waals surface area contributed by atoms with E-state index in [-0.39, 0.29) is 36.6 Å². The van der Waals surface area contributed by atoms with Gasteiger partial charge in [0, 0.05) is 42.0 Å². The molecule has 5 heterocycles. The molecule has 1 saturated carbocycles. The van der Waals surface area contributed by atoms with Crippen molar-refractivity contribution in [2.45, 2.75) is 45.4 Å². The Balaban J connectivity index is 1.43. The Hall–Kier alpha value is -3.63. The van der Waals surface area contributed by atoms with Crippen LogP contribution in [0.1, 0.15) is 32.3 Å². The number of carbonyl (C=O) groups is 1. The van der Waals surface area contributed by atoms with Crippen LogP contribution in [0.5, 0.6) is 0 Å². The van der Waals surface area contributed by atoms with Gasteiger partial charge in [0.25, 0.3) is 0 Å². The Labute approximate surface area is 214 Å². The molecule has 4 aromatic heterocycles. The van der Waals surface area contributed by atoms with Crippen LogP contribution < -0.4 is 4.90 Å². The van der Waals surface area contributed by atoms with Gasteiger partial charge < -0.3 is 14.7 Å². The Morgan fingerprint density at radius 3 is 2.73 bits per heavy atom. The van der Waals surface area contributed by atoms with E-state index in [1.807, 2.05) is 36.3 Å². The fraction of sp³-hybridized carbons (Fsp3) is 0.444. The number of nitrogens with zero attached hydrogens (tertiary/aromatic N) is 6. The molecule has 0 radical (unpaired) electrons. The third-order valence-corrected chi connectivity index (χ3v) is 7.71. The third-order valence-electron chi connectivity index (χ3n) is 7.71. The molecule has 4 aromatic rings. The first-order valence-electron chi connectivity index (χ1n) is 12.8. The molecule has 0 spiro atoms. The van der Waals surface area contributed by atoms with Crippen molar-refractivity contribution >= 4 is 33.8 Å². The summed E-state index contributed by atoms with van der Waals surface area (Å²) in [6, 6.07) is 5.90. The molecule has 2 amide bonds. The molecule has 1 aliphatic heterocycles.